The predicted octanol–water partition coefficient (Wildman–Crippen LogP) is 3.96. The maximum Gasteiger partial charge on any atom is 0.355 e. The molecule has 0 saturated carbocycles. The number of para-hydroxylation sites is 1. The molecule has 1 atom stereocenters. The minimum Gasteiger partial charge on any atom is -0.465 e. The van der Waals surface area contributed by atoms with Crippen molar-refractivity contribution in [3.05, 3.63) is 88.2 Å². The van der Waals surface area contributed by atoms with Crippen LogP contribution in [0, 0.1) is 6.92 Å². The lowest BCUT2D eigenvalue weighted by atomic mass is 10.1. The van der Waals surface area contributed by atoms with Gasteiger partial charge in [0, 0.05) is 5.69 Å². The quantitative estimate of drug-likeness (QED) is 0.389. The highest BCUT2D eigenvalue weighted by Crippen LogP contribution is 2.21. The van der Waals surface area contributed by atoms with Gasteiger partial charge in [0.2, 0.25) is 0 Å². The Labute approximate surface area is 209 Å². The summed E-state index contributed by atoms with van der Waals surface area (Å²) in [5.74, 6) is -2.32. The fraction of sp³-hybridized carbons (Fsp3) is 0.259. The number of hydrogen-bond donors (Lipinski definition) is 3. The van der Waals surface area contributed by atoms with Gasteiger partial charge in [-0.05, 0) is 43.5 Å². The molecule has 2 amide bonds. The number of aryl methyl sites for hydroxylation is 1. The summed E-state index contributed by atoms with van der Waals surface area (Å²) in [6, 6.07) is 15.8. The van der Waals surface area contributed by atoms with Crippen LogP contribution in [0.25, 0.3) is 0 Å². The summed E-state index contributed by atoms with van der Waals surface area (Å²) >= 11 is 0. The van der Waals surface area contributed by atoms with Crippen molar-refractivity contribution in [3.63, 3.8) is 0 Å². The van der Waals surface area contributed by atoms with E-state index in [-0.39, 0.29) is 34.5 Å². The van der Waals surface area contributed by atoms with Crippen molar-refractivity contribution in [1.82, 2.24) is 10.3 Å². The van der Waals surface area contributed by atoms with Crippen molar-refractivity contribution < 1.29 is 28.7 Å². The van der Waals surface area contributed by atoms with Crippen LogP contribution < -0.4 is 10.6 Å². The number of methoxy groups -OCH3 is 1. The largest absolute Gasteiger partial charge is 0.465 e. The number of nitrogens with one attached hydrogen (secondary N) is 3. The number of hydrogen-bond acceptors (Lipinski definition) is 6. The molecule has 3 rings (SSSR count). The fourth-order valence-electron chi connectivity index (χ4n) is 3.79. The van der Waals surface area contributed by atoms with Crippen LogP contribution in [0.3, 0.4) is 0 Å². The Morgan fingerprint density at radius 2 is 1.64 bits per heavy atom. The molecule has 0 aliphatic heterocycles. The van der Waals surface area contributed by atoms with Crippen LogP contribution in [0.2, 0.25) is 0 Å². The van der Waals surface area contributed by atoms with E-state index in [1.165, 1.54) is 7.11 Å². The Bertz CT molecular complexity index is 1270. The first-order valence-corrected chi connectivity index (χ1v) is 11.5. The minimum atomic E-state index is -0.782. The van der Waals surface area contributed by atoms with Crippen LogP contribution in [0.4, 0.5) is 5.69 Å². The molecule has 3 aromatic rings. The first-order valence-electron chi connectivity index (χ1n) is 11.5. The van der Waals surface area contributed by atoms with Gasteiger partial charge in [-0.3, -0.25) is 9.59 Å². The van der Waals surface area contributed by atoms with E-state index in [1.807, 2.05) is 44.2 Å². The van der Waals surface area contributed by atoms with E-state index in [1.54, 1.807) is 31.2 Å². The fourth-order valence-corrected chi connectivity index (χ4v) is 3.79. The summed E-state index contributed by atoms with van der Waals surface area (Å²) in [6.07, 6.45) is 0.473. The van der Waals surface area contributed by atoms with Gasteiger partial charge in [0.1, 0.15) is 5.69 Å². The number of carbonyl (C=O) groups excluding carboxylic acids is 4. The summed E-state index contributed by atoms with van der Waals surface area (Å²) in [5, 5.41) is 5.53. The number of benzene rings is 2. The lowest BCUT2D eigenvalue weighted by Gasteiger charge is -2.16. The molecule has 188 valence electrons. The third-order valence-corrected chi connectivity index (χ3v) is 5.70. The lowest BCUT2D eigenvalue weighted by molar-refractivity contribution is -0.119. The Balaban J connectivity index is 1.65. The lowest BCUT2D eigenvalue weighted by Crippen LogP contribution is -2.28. The van der Waals surface area contributed by atoms with E-state index in [0.717, 1.165) is 5.56 Å². The molecule has 0 radical (unpaired) electrons. The van der Waals surface area contributed by atoms with Crippen LogP contribution in [0.5, 0.6) is 0 Å². The smallest absolute Gasteiger partial charge is 0.355 e. The zero-order chi connectivity index (χ0) is 26.2. The van der Waals surface area contributed by atoms with Gasteiger partial charge in [0.25, 0.3) is 11.8 Å². The van der Waals surface area contributed by atoms with Gasteiger partial charge in [0.05, 0.1) is 30.0 Å². The molecule has 1 heterocycles. The van der Waals surface area contributed by atoms with Crippen molar-refractivity contribution in [2.75, 3.05) is 19.0 Å². The third kappa shape index (κ3) is 5.99. The van der Waals surface area contributed by atoms with Crippen molar-refractivity contribution in [3.8, 4) is 0 Å². The highest BCUT2D eigenvalue weighted by atomic mass is 16.5. The Morgan fingerprint density at radius 1 is 0.972 bits per heavy atom. The Kier molecular flexibility index (Phi) is 8.61. The molecule has 0 aliphatic carbocycles. The van der Waals surface area contributed by atoms with E-state index in [2.05, 4.69) is 15.6 Å². The molecule has 1 unspecified atom stereocenters. The van der Waals surface area contributed by atoms with Crippen molar-refractivity contribution >= 4 is 29.4 Å². The number of anilines is 1. The molecule has 2 aromatic carbocycles. The topological polar surface area (TPSA) is 127 Å². The molecule has 0 aliphatic rings. The maximum absolute atomic E-state index is 12.9. The second-order valence-corrected chi connectivity index (χ2v) is 8.10. The van der Waals surface area contributed by atoms with Gasteiger partial charge < -0.3 is 25.1 Å². The number of aromatic nitrogens is 1. The van der Waals surface area contributed by atoms with Gasteiger partial charge >= 0.3 is 11.9 Å². The Morgan fingerprint density at radius 3 is 2.31 bits per heavy atom. The number of ether oxygens (including phenoxy) is 2. The molecule has 1 aromatic heterocycles. The standard InChI is InChI=1S/C27H29N3O6/c1-5-20-23(26(33)35-4)16(2)24(30-20)27(34)36-15-22(31)29-21-14-10-9-13-19(21)25(32)28-17(3)18-11-7-6-8-12-18/h6-14,17,30H,5,15H2,1-4H3,(H,28,32)(H,29,31). The minimum absolute atomic E-state index is 0.0785. The van der Waals surface area contributed by atoms with Crippen LogP contribution in [-0.4, -0.2) is 42.5 Å². The number of esters is 2. The first-order chi connectivity index (χ1) is 17.3. The summed E-state index contributed by atoms with van der Waals surface area (Å²) in [7, 11) is 1.26. The van der Waals surface area contributed by atoms with E-state index in [9.17, 15) is 19.2 Å². The van der Waals surface area contributed by atoms with Crippen LogP contribution in [0.1, 0.15) is 67.9 Å². The summed E-state index contributed by atoms with van der Waals surface area (Å²) in [6.45, 7) is 4.72. The first kappa shape index (κ1) is 26.2. The van der Waals surface area contributed by atoms with Gasteiger partial charge in [0.15, 0.2) is 6.61 Å². The molecule has 0 spiro atoms. The molecule has 3 N–H and O–H groups in total. The number of H-pyrrole nitrogens is 1. The average molecular weight is 492 g/mol. The molecular weight excluding hydrogens is 462 g/mol. The van der Waals surface area contributed by atoms with E-state index < -0.39 is 24.5 Å². The van der Waals surface area contributed by atoms with Crippen LogP contribution >= 0.6 is 0 Å². The van der Waals surface area contributed by atoms with E-state index in [0.29, 0.717) is 17.7 Å². The number of rotatable bonds is 9. The van der Waals surface area contributed by atoms with Gasteiger partial charge in [-0.1, -0.05) is 49.4 Å². The number of aromatic amines is 1. The monoisotopic (exact) mass is 491 g/mol. The highest BCUT2D eigenvalue weighted by Gasteiger charge is 2.25. The predicted molar refractivity (Wildman–Crippen MR) is 134 cm³/mol. The van der Waals surface area contributed by atoms with Crippen LogP contribution in [-0.2, 0) is 20.7 Å². The summed E-state index contributed by atoms with van der Waals surface area (Å²) < 4.78 is 9.95. The number of carbonyl (C=O) groups is 4. The molecule has 0 bridgehead atoms. The van der Waals surface area contributed by atoms with Gasteiger partial charge in [-0.25, -0.2) is 9.59 Å². The zero-order valence-corrected chi connectivity index (χ0v) is 20.6. The summed E-state index contributed by atoms with van der Waals surface area (Å²) in [4.78, 5) is 52.9. The van der Waals surface area contributed by atoms with E-state index in [4.69, 9.17) is 9.47 Å². The molecule has 9 nitrogen and oxygen atoms in total. The second kappa shape index (κ2) is 11.8. The molecule has 36 heavy (non-hydrogen) atoms. The van der Waals surface area contributed by atoms with Gasteiger partial charge in [-0.15, -0.1) is 0 Å². The van der Waals surface area contributed by atoms with Crippen molar-refractivity contribution in [2.45, 2.75) is 33.2 Å². The van der Waals surface area contributed by atoms with Crippen molar-refractivity contribution in [1.29, 1.82) is 0 Å². The SMILES string of the molecule is CCc1[nH]c(C(=O)OCC(=O)Nc2ccccc2C(=O)NC(C)c2ccccc2)c(C)c1C(=O)OC. The zero-order valence-electron chi connectivity index (χ0n) is 20.6. The molecular formula is C27H29N3O6. The molecule has 0 fully saturated rings. The van der Waals surface area contributed by atoms with Crippen molar-refractivity contribution in [2.24, 2.45) is 0 Å². The third-order valence-electron chi connectivity index (χ3n) is 5.70. The summed E-state index contributed by atoms with van der Waals surface area (Å²) in [5.41, 5.74) is 2.79. The highest BCUT2D eigenvalue weighted by molar-refractivity contribution is 6.05. The molecule has 9 heteroatoms. The average Bonchev–Trinajstić information content (AvgIpc) is 3.23. The Hall–Kier alpha value is -4.40. The second-order valence-electron chi connectivity index (χ2n) is 8.10. The van der Waals surface area contributed by atoms with E-state index >= 15 is 0 Å². The van der Waals surface area contributed by atoms with Crippen LogP contribution in [0.15, 0.2) is 54.6 Å². The number of amides is 2. The van der Waals surface area contributed by atoms with Gasteiger partial charge in [-0.2, -0.15) is 0 Å². The molecule has 0 saturated heterocycles. The maximum atomic E-state index is 12.9. The normalized spacial score (nSPS) is 11.3.